The van der Waals surface area contributed by atoms with Crippen molar-refractivity contribution in [2.24, 2.45) is 0 Å². The molecule has 0 spiro atoms. The van der Waals surface area contributed by atoms with E-state index in [-0.39, 0.29) is 62.9 Å². The molecule has 2 nitrogen and oxygen atoms in total. The zero-order chi connectivity index (χ0) is 13.9. The molecule has 20 heavy (non-hydrogen) atoms. The maximum Gasteiger partial charge on any atom is 1.00 e. The Bertz CT molecular complexity index is 435. The van der Waals surface area contributed by atoms with Crippen LogP contribution in [0.15, 0.2) is 30.3 Å². The number of nitrogens with zero attached hydrogens (tertiary/aromatic N) is 1. The first-order valence-corrected chi connectivity index (χ1v) is 6.51. The Labute approximate surface area is 159 Å². The van der Waals surface area contributed by atoms with E-state index in [1.165, 1.54) is 17.0 Å². The molecule has 1 aliphatic rings. The summed E-state index contributed by atoms with van der Waals surface area (Å²) < 4.78 is 39.4. The molecule has 1 aliphatic heterocycles. The van der Waals surface area contributed by atoms with Gasteiger partial charge in [0.2, 0.25) is 5.91 Å². The summed E-state index contributed by atoms with van der Waals surface area (Å²) in [5, 5.41) is 0. The van der Waals surface area contributed by atoms with Crippen LogP contribution in [0, 0.1) is 0 Å². The van der Waals surface area contributed by atoms with Crippen LogP contribution in [-0.4, -0.2) is 30.9 Å². The average Bonchev–Trinajstić information content (AvgIpc) is 2.89. The van der Waals surface area contributed by atoms with Crippen molar-refractivity contribution in [3.63, 3.8) is 0 Å². The largest absolute Gasteiger partial charge is 1.00 e. The molecule has 0 bridgehead atoms. The van der Waals surface area contributed by atoms with Gasteiger partial charge in [-0.3, -0.25) is 4.79 Å². The Morgan fingerprint density at radius 2 is 1.70 bits per heavy atom. The molecule has 1 unspecified atom stereocenters. The summed E-state index contributed by atoms with van der Waals surface area (Å²) in [7, 11) is 0. The number of amides is 1. The maximum absolute atomic E-state index is 13.1. The van der Waals surface area contributed by atoms with Crippen LogP contribution in [0.5, 0.6) is 0 Å². The number of likely N-dealkylation sites (tertiary alicyclic amines) is 1. The second kappa shape index (κ2) is 7.98. The molecule has 7 heteroatoms. The fraction of sp³-hybridized carbons (Fsp3) is 0.462. The van der Waals surface area contributed by atoms with Crippen LogP contribution in [0.2, 0.25) is 0 Å². The number of carbonyl (C=O) groups is 1. The first kappa shape index (κ1) is 18.2. The molecular formula is C13H16BF3KNO. The van der Waals surface area contributed by atoms with Crippen LogP contribution in [0.25, 0.3) is 0 Å². The second-order valence-corrected chi connectivity index (χ2v) is 4.93. The van der Waals surface area contributed by atoms with Gasteiger partial charge in [0.05, 0.1) is 0 Å². The van der Waals surface area contributed by atoms with Gasteiger partial charge in [-0.25, -0.2) is 0 Å². The van der Waals surface area contributed by atoms with Gasteiger partial charge in [-0.05, 0) is 18.7 Å². The summed E-state index contributed by atoms with van der Waals surface area (Å²) in [4.78, 5) is 13.5. The molecule has 0 aromatic heterocycles. The van der Waals surface area contributed by atoms with E-state index in [0.29, 0.717) is 13.1 Å². The van der Waals surface area contributed by atoms with Gasteiger partial charge in [0.1, 0.15) is 0 Å². The van der Waals surface area contributed by atoms with Gasteiger partial charge in [-0.15, -0.1) is 0 Å². The minimum Gasteiger partial charge on any atom is -0.448 e. The number of carbonyl (C=O) groups excluding carboxylic acids is 1. The van der Waals surface area contributed by atoms with Crippen molar-refractivity contribution in [1.82, 2.24) is 4.90 Å². The molecule has 0 N–H and O–H groups in total. The number of halogens is 3. The number of hydrogen-bond donors (Lipinski definition) is 0. The summed E-state index contributed by atoms with van der Waals surface area (Å²) in [6.07, 6.45) is 1.31. The molecule has 104 valence electrons. The molecule has 1 atom stereocenters. The first-order chi connectivity index (χ1) is 8.98. The third-order valence-electron chi connectivity index (χ3n) is 3.54. The Balaban J connectivity index is 0.00000200. The zero-order valence-electron chi connectivity index (χ0n) is 11.6. The molecule has 1 aromatic carbocycles. The fourth-order valence-corrected chi connectivity index (χ4v) is 2.45. The van der Waals surface area contributed by atoms with Crippen LogP contribution in [0.4, 0.5) is 12.9 Å². The van der Waals surface area contributed by atoms with E-state index in [0.717, 1.165) is 12.8 Å². The third kappa shape index (κ3) is 4.87. The minimum absolute atomic E-state index is 0. The molecular weight excluding hydrogens is 293 g/mol. The average molecular weight is 309 g/mol. The topological polar surface area (TPSA) is 20.3 Å². The van der Waals surface area contributed by atoms with Crippen molar-refractivity contribution in [2.75, 3.05) is 13.1 Å². The van der Waals surface area contributed by atoms with Crippen molar-refractivity contribution in [1.29, 1.82) is 0 Å². The van der Waals surface area contributed by atoms with Crippen LogP contribution in [-0.2, 0) is 4.79 Å². The molecule has 1 saturated heterocycles. The van der Waals surface area contributed by atoms with Gasteiger partial charge in [-0.1, -0.05) is 35.9 Å². The number of benzene rings is 1. The monoisotopic (exact) mass is 309 g/mol. The summed E-state index contributed by atoms with van der Waals surface area (Å²) in [6, 6.07) is 7.70. The summed E-state index contributed by atoms with van der Waals surface area (Å²) in [5.74, 6) is -2.03. The van der Waals surface area contributed by atoms with Crippen molar-refractivity contribution in [3.8, 4) is 0 Å². The van der Waals surface area contributed by atoms with E-state index in [4.69, 9.17) is 0 Å². The maximum atomic E-state index is 13.1. The third-order valence-corrected chi connectivity index (χ3v) is 3.54. The van der Waals surface area contributed by atoms with Crippen molar-refractivity contribution in [3.05, 3.63) is 35.9 Å². The first-order valence-electron chi connectivity index (χ1n) is 6.51. The molecule has 0 saturated carbocycles. The Morgan fingerprint density at radius 1 is 1.15 bits per heavy atom. The van der Waals surface area contributed by atoms with Crippen LogP contribution < -0.4 is 51.4 Å². The normalized spacial score (nSPS) is 16.6. The van der Waals surface area contributed by atoms with Crippen molar-refractivity contribution >= 4 is 12.9 Å². The Hall–Kier alpha value is 0.181. The molecule has 0 radical (unpaired) electrons. The van der Waals surface area contributed by atoms with E-state index in [9.17, 15) is 17.7 Å². The van der Waals surface area contributed by atoms with E-state index in [1.807, 2.05) is 0 Å². The molecule has 1 heterocycles. The van der Waals surface area contributed by atoms with Crippen molar-refractivity contribution in [2.45, 2.75) is 25.1 Å². The smallest absolute Gasteiger partial charge is 0.448 e. The fourth-order valence-electron chi connectivity index (χ4n) is 2.45. The molecule has 1 amide bonds. The standard InChI is InChI=1S/C13H16BF3NO.K/c15-14(16,17)12(11-6-2-1-3-7-11)10-13(19)18-8-4-5-9-18;/h1-3,6-7,12H,4-5,8-10H2;/q-1;+1. The van der Waals surface area contributed by atoms with Gasteiger partial charge in [-0.2, -0.15) is 0 Å². The van der Waals surface area contributed by atoms with Crippen LogP contribution in [0.3, 0.4) is 0 Å². The molecule has 1 fully saturated rings. The second-order valence-electron chi connectivity index (χ2n) is 4.93. The predicted molar refractivity (Wildman–Crippen MR) is 68.7 cm³/mol. The summed E-state index contributed by atoms with van der Waals surface area (Å²) >= 11 is 0. The summed E-state index contributed by atoms with van der Waals surface area (Å²) in [6.45, 7) is -3.89. The van der Waals surface area contributed by atoms with Crippen molar-refractivity contribution < 1.29 is 69.1 Å². The van der Waals surface area contributed by atoms with E-state index >= 15 is 0 Å². The van der Waals surface area contributed by atoms with Gasteiger partial charge in [0, 0.05) is 19.5 Å². The van der Waals surface area contributed by atoms with Crippen LogP contribution in [0.1, 0.15) is 30.6 Å². The van der Waals surface area contributed by atoms with Gasteiger partial charge < -0.3 is 17.8 Å². The Morgan fingerprint density at radius 3 is 2.20 bits per heavy atom. The number of hydrogen-bond acceptors (Lipinski definition) is 1. The molecule has 2 rings (SSSR count). The number of rotatable bonds is 4. The van der Waals surface area contributed by atoms with E-state index in [2.05, 4.69) is 0 Å². The van der Waals surface area contributed by atoms with Gasteiger partial charge in [0.25, 0.3) is 0 Å². The molecule has 0 aliphatic carbocycles. The SMILES string of the molecule is O=C(CC(c1ccccc1)[B-](F)(F)F)N1CCCC1.[K+]. The van der Waals surface area contributed by atoms with Gasteiger partial charge >= 0.3 is 58.4 Å². The van der Waals surface area contributed by atoms with Crippen LogP contribution >= 0.6 is 0 Å². The van der Waals surface area contributed by atoms with Gasteiger partial charge in [0.15, 0.2) is 0 Å². The minimum atomic E-state index is -5.07. The predicted octanol–water partition coefficient (Wildman–Crippen LogP) is 0.173. The quantitative estimate of drug-likeness (QED) is 0.726. The zero-order valence-corrected chi connectivity index (χ0v) is 14.7. The van der Waals surface area contributed by atoms with E-state index < -0.39 is 19.2 Å². The van der Waals surface area contributed by atoms with E-state index in [1.54, 1.807) is 18.2 Å². The summed E-state index contributed by atoms with van der Waals surface area (Å²) in [5.41, 5.74) is 0.183. The molecule has 1 aromatic rings. The Kier molecular flexibility index (Phi) is 7.28.